The first-order chi connectivity index (χ1) is 9.72. The number of hydrogen-bond acceptors (Lipinski definition) is 2. The number of benzene rings is 2. The molecule has 0 saturated heterocycles. The van der Waals surface area contributed by atoms with Gasteiger partial charge in [-0.1, -0.05) is 25.5 Å². The van der Waals surface area contributed by atoms with E-state index in [2.05, 4.69) is 24.4 Å². The van der Waals surface area contributed by atoms with Crippen molar-refractivity contribution in [2.75, 3.05) is 5.32 Å². The van der Waals surface area contributed by atoms with E-state index in [1.807, 2.05) is 18.2 Å². The minimum atomic E-state index is -0.292. The summed E-state index contributed by atoms with van der Waals surface area (Å²) in [4.78, 5) is 0. The summed E-state index contributed by atoms with van der Waals surface area (Å²) >= 11 is 0. The summed E-state index contributed by atoms with van der Waals surface area (Å²) in [6, 6.07) is 14.6. The number of nitriles is 1. The molecule has 2 rings (SSSR count). The minimum absolute atomic E-state index is 0.292. The topological polar surface area (TPSA) is 35.8 Å². The van der Waals surface area contributed by atoms with E-state index in [1.54, 1.807) is 6.07 Å². The number of hydrogen-bond donors (Lipinski definition) is 1. The Morgan fingerprint density at radius 3 is 2.55 bits per heavy atom. The molecule has 2 aromatic rings. The van der Waals surface area contributed by atoms with Gasteiger partial charge < -0.3 is 5.32 Å². The molecule has 0 atom stereocenters. The van der Waals surface area contributed by atoms with Crippen LogP contribution >= 0.6 is 0 Å². The Hall–Kier alpha value is -2.34. The average molecular weight is 268 g/mol. The van der Waals surface area contributed by atoms with Crippen molar-refractivity contribution in [1.82, 2.24) is 0 Å². The largest absolute Gasteiger partial charge is 0.381 e. The smallest absolute Gasteiger partial charge is 0.128 e. The molecule has 0 amide bonds. The van der Waals surface area contributed by atoms with Crippen molar-refractivity contribution in [3.8, 4) is 6.07 Å². The van der Waals surface area contributed by atoms with E-state index >= 15 is 0 Å². The summed E-state index contributed by atoms with van der Waals surface area (Å²) in [6.45, 7) is 2.52. The summed E-state index contributed by atoms with van der Waals surface area (Å²) in [5.41, 5.74) is 3.23. The third kappa shape index (κ3) is 3.58. The first-order valence-corrected chi connectivity index (χ1v) is 6.74. The fourth-order valence-electron chi connectivity index (χ4n) is 2.05. The van der Waals surface area contributed by atoms with Crippen molar-refractivity contribution in [2.24, 2.45) is 0 Å². The quantitative estimate of drug-likeness (QED) is 0.879. The molecule has 0 aromatic heterocycles. The molecule has 0 fully saturated rings. The highest BCUT2D eigenvalue weighted by molar-refractivity contribution is 5.46. The molecule has 0 heterocycles. The number of rotatable bonds is 5. The Labute approximate surface area is 118 Å². The number of nitrogens with zero attached hydrogens (tertiary/aromatic N) is 1. The van der Waals surface area contributed by atoms with Gasteiger partial charge in [0.1, 0.15) is 5.82 Å². The second-order valence-corrected chi connectivity index (χ2v) is 4.72. The third-order valence-corrected chi connectivity index (χ3v) is 3.15. The number of halogens is 1. The first kappa shape index (κ1) is 14.1. The van der Waals surface area contributed by atoms with Crippen LogP contribution in [-0.4, -0.2) is 0 Å². The molecule has 102 valence electrons. The van der Waals surface area contributed by atoms with E-state index in [4.69, 9.17) is 5.26 Å². The lowest BCUT2D eigenvalue weighted by molar-refractivity contribution is 0.612. The summed E-state index contributed by atoms with van der Waals surface area (Å²) in [7, 11) is 0. The first-order valence-electron chi connectivity index (χ1n) is 6.74. The molecule has 3 heteroatoms. The van der Waals surface area contributed by atoms with E-state index in [9.17, 15) is 4.39 Å². The van der Waals surface area contributed by atoms with Crippen molar-refractivity contribution in [3.05, 3.63) is 65.0 Å². The Kier molecular flexibility index (Phi) is 4.73. The van der Waals surface area contributed by atoms with Gasteiger partial charge in [-0.15, -0.1) is 0 Å². The van der Waals surface area contributed by atoms with Crippen LogP contribution in [0, 0.1) is 17.1 Å². The lowest BCUT2D eigenvalue weighted by atomic mass is 10.1. The maximum atomic E-state index is 13.6. The Morgan fingerprint density at radius 1 is 1.15 bits per heavy atom. The molecule has 0 unspecified atom stereocenters. The number of nitrogens with one attached hydrogen (secondary N) is 1. The second kappa shape index (κ2) is 6.72. The molecule has 1 N–H and O–H groups in total. The lowest BCUT2D eigenvalue weighted by Crippen LogP contribution is -2.02. The molecule has 20 heavy (non-hydrogen) atoms. The van der Waals surface area contributed by atoms with Gasteiger partial charge >= 0.3 is 0 Å². The van der Waals surface area contributed by atoms with Crippen LogP contribution in [0.4, 0.5) is 10.1 Å². The molecule has 0 aliphatic heterocycles. The molecule has 2 nitrogen and oxygen atoms in total. The predicted molar refractivity (Wildman–Crippen MR) is 78.9 cm³/mol. The molecular weight excluding hydrogens is 251 g/mol. The zero-order valence-corrected chi connectivity index (χ0v) is 11.5. The molecular formula is C17H17FN2. The van der Waals surface area contributed by atoms with Gasteiger partial charge in [0.05, 0.1) is 11.6 Å². The van der Waals surface area contributed by atoms with Crippen LogP contribution in [0.3, 0.4) is 0 Å². The van der Waals surface area contributed by atoms with Crippen molar-refractivity contribution in [3.63, 3.8) is 0 Å². The van der Waals surface area contributed by atoms with Gasteiger partial charge in [0.25, 0.3) is 0 Å². The Balaban J connectivity index is 2.03. The summed E-state index contributed by atoms with van der Waals surface area (Å²) in [5, 5.41) is 12.0. The average Bonchev–Trinajstić information content (AvgIpc) is 2.48. The summed E-state index contributed by atoms with van der Waals surface area (Å²) in [6.07, 6.45) is 2.19. The van der Waals surface area contributed by atoms with Crippen LogP contribution in [0.5, 0.6) is 0 Å². The van der Waals surface area contributed by atoms with Crippen LogP contribution in [-0.2, 0) is 13.0 Å². The highest BCUT2D eigenvalue weighted by Crippen LogP contribution is 2.15. The minimum Gasteiger partial charge on any atom is -0.381 e. The van der Waals surface area contributed by atoms with Gasteiger partial charge in [0, 0.05) is 17.8 Å². The van der Waals surface area contributed by atoms with Crippen molar-refractivity contribution < 1.29 is 4.39 Å². The monoisotopic (exact) mass is 268 g/mol. The van der Waals surface area contributed by atoms with Crippen LogP contribution in [0.25, 0.3) is 0 Å². The Bertz CT molecular complexity index is 612. The van der Waals surface area contributed by atoms with E-state index < -0.39 is 0 Å². The van der Waals surface area contributed by atoms with Gasteiger partial charge in [-0.25, -0.2) is 4.39 Å². The van der Waals surface area contributed by atoms with Gasteiger partial charge in [-0.05, 0) is 42.3 Å². The van der Waals surface area contributed by atoms with Gasteiger partial charge in [-0.2, -0.15) is 5.26 Å². The highest BCUT2D eigenvalue weighted by Gasteiger charge is 2.03. The summed E-state index contributed by atoms with van der Waals surface area (Å²) < 4.78 is 13.6. The SMILES string of the molecule is CCCc1ccc(NCc2cc(C#N)ccc2F)cc1. The molecule has 0 aliphatic rings. The van der Waals surface area contributed by atoms with E-state index in [0.29, 0.717) is 17.7 Å². The fourth-order valence-corrected chi connectivity index (χ4v) is 2.05. The Morgan fingerprint density at radius 2 is 1.90 bits per heavy atom. The van der Waals surface area contributed by atoms with E-state index in [1.165, 1.54) is 17.7 Å². The van der Waals surface area contributed by atoms with Gasteiger partial charge in [-0.3, -0.25) is 0 Å². The normalized spacial score (nSPS) is 10.1. The number of aryl methyl sites for hydroxylation is 1. The molecule has 0 aliphatic carbocycles. The fraction of sp³-hybridized carbons (Fsp3) is 0.235. The second-order valence-electron chi connectivity index (χ2n) is 4.72. The van der Waals surface area contributed by atoms with E-state index in [0.717, 1.165) is 18.5 Å². The van der Waals surface area contributed by atoms with Crippen LogP contribution in [0.1, 0.15) is 30.0 Å². The van der Waals surface area contributed by atoms with Crippen LogP contribution < -0.4 is 5.32 Å². The highest BCUT2D eigenvalue weighted by atomic mass is 19.1. The zero-order chi connectivity index (χ0) is 14.4. The molecule has 0 spiro atoms. The van der Waals surface area contributed by atoms with Gasteiger partial charge in [0.15, 0.2) is 0 Å². The standard InChI is InChI=1S/C17H17FN2/c1-2-3-13-4-7-16(8-5-13)20-12-15-10-14(11-19)6-9-17(15)18/h4-10,20H,2-3,12H2,1H3. The third-order valence-electron chi connectivity index (χ3n) is 3.15. The number of anilines is 1. The van der Waals surface area contributed by atoms with Crippen molar-refractivity contribution in [1.29, 1.82) is 5.26 Å². The van der Waals surface area contributed by atoms with Gasteiger partial charge in [0.2, 0.25) is 0 Å². The maximum absolute atomic E-state index is 13.6. The molecule has 0 radical (unpaired) electrons. The summed E-state index contributed by atoms with van der Waals surface area (Å²) in [5.74, 6) is -0.292. The molecule has 0 saturated carbocycles. The predicted octanol–water partition coefficient (Wildman–Crippen LogP) is 4.26. The van der Waals surface area contributed by atoms with Crippen molar-refractivity contribution >= 4 is 5.69 Å². The van der Waals surface area contributed by atoms with Crippen LogP contribution in [0.2, 0.25) is 0 Å². The maximum Gasteiger partial charge on any atom is 0.128 e. The van der Waals surface area contributed by atoms with E-state index in [-0.39, 0.29) is 5.82 Å². The van der Waals surface area contributed by atoms with Crippen LogP contribution in [0.15, 0.2) is 42.5 Å². The molecule has 2 aromatic carbocycles. The zero-order valence-electron chi connectivity index (χ0n) is 11.5. The van der Waals surface area contributed by atoms with Crippen molar-refractivity contribution in [2.45, 2.75) is 26.3 Å². The molecule has 0 bridgehead atoms. The lowest BCUT2D eigenvalue weighted by Gasteiger charge is -2.08.